The maximum atomic E-state index is 10.6. The number of carbonyl (C=O) groups excluding carboxylic acids is 2. The van der Waals surface area contributed by atoms with Crippen molar-refractivity contribution in [3.05, 3.63) is 0 Å². The van der Waals surface area contributed by atoms with Crippen molar-refractivity contribution in [2.45, 2.75) is 12.2 Å². The molecule has 0 spiro atoms. The van der Waals surface area contributed by atoms with E-state index < -0.39 is 31.5 Å². The lowest BCUT2D eigenvalue weighted by Crippen LogP contribution is -2.38. The minimum Gasteiger partial charge on any atom is -0.472 e. The summed E-state index contributed by atoms with van der Waals surface area (Å²) in [6.07, 6.45) is -4.04. The second-order valence-corrected chi connectivity index (χ2v) is 2.07. The van der Waals surface area contributed by atoms with Crippen LogP contribution >= 0.6 is 0 Å². The molecule has 0 saturated carbocycles. The van der Waals surface area contributed by atoms with E-state index in [-0.39, 0.29) is 6.15 Å². The molecule has 6 N–H and O–H groups in total. The van der Waals surface area contributed by atoms with E-state index in [1.807, 2.05) is 0 Å². The highest BCUT2D eigenvalue weighted by atomic mass is 16.7. The predicted molar refractivity (Wildman–Crippen MR) is 37.2 cm³/mol. The maximum Gasteiger partial charge on any atom is 0.789 e. The highest BCUT2D eigenvalue weighted by molar-refractivity contribution is 6.41. The van der Waals surface area contributed by atoms with Gasteiger partial charge in [-0.1, -0.05) is 0 Å². The zero-order valence-corrected chi connectivity index (χ0v) is 6.41. The zero-order valence-electron chi connectivity index (χ0n) is 6.41. The third-order valence-corrected chi connectivity index (χ3v) is 1.22. The van der Waals surface area contributed by atoms with Gasteiger partial charge in [-0.25, -0.2) is 0 Å². The first kappa shape index (κ1) is 11.8. The SMILES string of the molecule is N.O=C1OB(O)OC(=O)C(O)C1O. The monoisotopic (exact) mass is 193 g/mol. The molecule has 1 fully saturated rings. The van der Waals surface area contributed by atoms with Crippen LogP contribution in [0.15, 0.2) is 0 Å². The van der Waals surface area contributed by atoms with Crippen LogP contribution in [-0.2, 0) is 18.9 Å². The second-order valence-electron chi connectivity index (χ2n) is 2.07. The Kier molecular flexibility index (Phi) is 3.81. The Bertz CT molecular complexity index is 199. The lowest BCUT2D eigenvalue weighted by atomic mass is 10.2. The molecule has 0 aliphatic carbocycles. The fourth-order valence-electron chi connectivity index (χ4n) is 0.620. The van der Waals surface area contributed by atoms with Gasteiger partial charge in [0.15, 0.2) is 12.2 Å². The summed E-state index contributed by atoms with van der Waals surface area (Å²) in [6, 6.07) is 0. The van der Waals surface area contributed by atoms with Crippen molar-refractivity contribution < 1.29 is 34.1 Å². The maximum absolute atomic E-state index is 10.6. The standard InChI is InChI=1S/C4H5BO7.H3N/c6-1-2(7)4(9)12-5(10)11-3(1)8;/h1-2,6-7,10H;1H3. The van der Waals surface area contributed by atoms with E-state index in [2.05, 4.69) is 9.31 Å². The molecule has 1 saturated heterocycles. The van der Waals surface area contributed by atoms with E-state index >= 15 is 0 Å². The summed E-state index contributed by atoms with van der Waals surface area (Å²) in [5.41, 5.74) is 0. The molecule has 0 amide bonds. The van der Waals surface area contributed by atoms with Gasteiger partial charge in [-0.15, -0.1) is 0 Å². The van der Waals surface area contributed by atoms with Gasteiger partial charge in [0.05, 0.1) is 0 Å². The quantitative estimate of drug-likeness (QED) is 0.296. The first-order valence-electron chi connectivity index (χ1n) is 2.97. The molecule has 0 radical (unpaired) electrons. The molecule has 0 aromatic carbocycles. The Morgan fingerprint density at radius 3 is 1.69 bits per heavy atom. The Morgan fingerprint density at radius 2 is 1.38 bits per heavy atom. The summed E-state index contributed by atoms with van der Waals surface area (Å²) in [5, 5.41) is 26.1. The summed E-state index contributed by atoms with van der Waals surface area (Å²) in [5.74, 6) is -2.64. The Balaban J connectivity index is 0.00000144. The minimum atomic E-state index is -2.07. The van der Waals surface area contributed by atoms with Gasteiger partial charge in [-0.2, -0.15) is 0 Å². The van der Waals surface area contributed by atoms with Crippen molar-refractivity contribution >= 4 is 19.3 Å². The van der Waals surface area contributed by atoms with Gasteiger partial charge < -0.3 is 30.7 Å². The molecule has 1 heterocycles. The highest BCUT2D eigenvalue weighted by Gasteiger charge is 2.42. The topological polar surface area (TPSA) is 148 Å². The van der Waals surface area contributed by atoms with Crippen LogP contribution in [0.2, 0.25) is 0 Å². The van der Waals surface area contributed by atoms with E-state index in [4.69, 9.17) is 15.2 Å². The summed E-state index contributed by atoms with van der Waals surface area (Å²) < 4.78 is 7.86. The van der Waals surface area contributed by atoms with Crippen LogP contribution in [0.25, 0.3) is 0 Å². The van der Waals surface area contributed by atoms with Gasteiger partial charge in [0.2, 0.25) is 0 Å². The Hall–Kier alpha value is -1.16. The molecule has 13 heavy (non-hydrogen) atoms. The fraction of sp³-hybridized carbons (Fsp3) is 0.500. The van der Waals surface area contributed by atoms with E-state index in [1.54, 1.807) is 0 Å². The van der Waals surface area contributed by atoms with E-state index in [0.29, 0.717) is 0 Å². The minimum absolute atomic E-state index is 0. The van der Waals surface area contributed by atoms with Crippen molar-refractivity contribution in [3.8, 4) is 0 Å². The van der Waals surface area contributed by atoms with Gasteiger partial charge in [0.1, 0.15) is 0 Å². The zero-order chi connectivity index (χ0) is 9.30. The Labute approximate surface area is 72.8 Å². The van der Waals surface area contributed by atoms with Gasteiger partial charge in [0.25, 0.3) is 0 Å². The molecule has 9 heteroatoms. The van der Waals surface area contributed by atoms with Crippen molar-refractivity contribution in [3.63, 3.8) is 0 Å². The summed E-state index contributed by atoms with van der Waals surface area (Å²) in [6.45, 7) is 0. The third kappa shape index (κ3) is 2.39. The normalized spacial score (nSPS) is 28.4. The average molecular weight is 193 g/mol. The van der Waals surface area contributed by atoms with Crippen LogP contribution in [0, 0.1) is 0 Å². The van der Waals surface area contributed by atoms with Gasteiger partial charge in [0, 0.05) is 0 Å². The molecule has 2 atom stereocenters. The number of rotatable bonds is 0. The van der Waals surface area contributed by atoms with Crippen LogP contribution in [0.1, 0.15) is 0 Å². The number of aliphatic hydroxyl groups is 2. The second kappa shape index (κ2) is 4.19. The molecule has 0 aromatic heterocycles. The number of hydrogen-bond donors (Lipinski definition) is 4. The van der Waals surface area contributed by atoms with Crippen molar-refractivity contribution in [2.75, 3.05) is 0 Å². The molecule has 1 aliphatic heterocycles. The molecular formula is C4H8BNO7. The van der Waals surface area contributed by atoms with Crippen LogP contribution in [0.3, 0.4) is 0 Å². The van der Waals surface area contributed by atoms with Crippen LogP contribution in [0.4, 0.5) is 0 Å². The number of hydrogen-bond acceptors (Lipinski definition) is 8. The summed E-state index contributed by atoms with van der Waals surface area (Å²) >= 11 is 0. The molecule has 74 valence electrons. The molecule has 8 nitrogen and oxygen atoms in total. The number of aliphatic hydroxyl groups excluding tert-OH is 2. The van der Waals surface area contributed by atoms with Gasteiger partial charge >= 0.3 is 19.3 Å². The first-order valence-corrected chi connectivity index (χ1v) is 2.97. The van der Waals surface area contributed by atoms with Crippen molar-refractivity contribution in [2.24, 2.45) is 0 Å². The van der Waals surface area contributed by atoms with Crippen LogP contribution in [0.5, 0.6) is 0 Å². The summed E-state index contributed by atoms with van der Waals surface area (Å²) in [4.78, 5) is 21.1. The highest BCUT2D eigenvalue weighted by Crippen LogP contribution is 2.06. The summed E-state index contributed by atoms with van der Waals surface area (Å²) in [7, 11) is -2.07. The van der Waals surface area contributed by atoms with Gasteiger partial charge in [-0.3, -0.25) is 9.59 Å². The smallest absolute Gasteiger partial charge is 0.472 e. The van der Waals surface area contributed by atoms with E-state index in [0.717, 1.165) is 0 Å². The van der Waals surface area contributed by atoms with Crippen molar-refractivity contribution in [1.82, 2.24) is 6.15 Å². The lowest BCUT2D eigenvalue weighted by Gasteiger charge is -2.07. The molecule has 0 aromatic rings. The molecule has 1 aliphatic rings. The fourth-order valence-corrected chi connectivity index (χ4v) is 0.620. The first-order chi connectivity index (χ1) is 5.52. The molecule has 0 bridgehead atoms. The van der Waals surface area contributed by atoms with Crippen LogP contribution in [-0.4, -0.2) is 46.7 Å². The van der Waals surface area contributed by atoms with Crippen LogP contribution < -0.4 is 6.15 Å². The average Bonchev–Trinajstić information content (AvgIpc) is 2.05. The molecule has 2 unspecified atom stereocenters. The molecule has 1 rings (SSSR count). The Morgan fingerprint density at radius 1 is 1.08 bits per heavy atom. The van der Waals surface area contributed by atoms with Crippen molar-refractivity contribution in [1.29, 1.82) is 0 Å². The predicted octanol–water partition coefficient (Wildman–Crippen LogP) is -3.05. The van der Waals surface area contributed by atoms with E-state index in [1.165, 1.54) is 0 Å². The number of carbonyl (C=O) groups is 2. The van der Waals surface area contributed by atoms with Gasteiger partial charge in [-0.05, 0) is 0 Å². The molecular weight excluding hydrogens is 185 g/mol. The third-order valence-electron chi connectivity index (χ3n) is 1.22. The lowest BCUT2D eigenvalue weighted by molar-refractivity contribution is -0.156. The largest absolute Gasteiger partial charge is 0.789 e. The van der Waals surface area contributed by atoms with E-state index in [9.17, 15) is 9.59 Å².